The summed E-state index contributed by atoms with van der Waals surface area (Å²) in [4.78, 5) is 11.4. The van der Waals surface area contributed by atoms with Crippen molar-refractivity contribution in [2.75, 3.05) is 38.4 Å². The lowest BCUT2D eigenvalue weighted by Crippen LogP contribution is -2.16. The summed E-state index contributed by atoms with van der Waals surface area (Å²) in [6.45, 7) is 3.46. The number of ether oxygens (including phenoxy) is 2. The van der Waals surface area contributed by atoms with Crippen LogP contribution in [0.15, 0.2) is 18.2 Å². The van der Waals surface area contributed by atoms with Crippen LogP contribution in [0.25, 0.3) is 0 Å². The van der Waals surface area contributed by atoms with Gasteiger partial charge in [-0.25, -0.2) is 4.79 Å². The van der Waals surface area contributed by atoms with Crippen molar-refractivity contribution < 1.29 is 14.3 Å². The second-order valence-electron chi connectivity index (χ2n) is 4.24. The van der Waals surface area contributed by atoms with Gasteiger partial charge in [-0.3, -0.25) is 0 Å². The number of carbonyl (C=O) groups excluding carboxylic acids is 1. The number of esters is 1. The lowest BCUT2D eigenvalue weighted by Gasteiger charge is -2.14. The third-order valence-corrected chi connectivity index (χ3v) is 2.57. The average Bonchev–Trinajstić information content (AvgIpc) is 2.37. The van der Waals surface area contributed by atoms with Crippen LogP contribution in [0.2, 0.25) is 0 Å². The number of nitrogens with one attached hydrogen (secondary N) is 1. The molecule has 18 heavy (non-hydrogen) atoms. The molecule has 0 aliphatic heterocycles. The van der Waals surface area contributed by atoms with E-state index in [0.717, 1.165) is 12.2 Å². The van der Waals surface area contributed by atoms with Gasteiger partial charge in [-0.15, -0.1) is 0 Å². The number of rotatable bonds is 6. The fraction of sp³-hybridized carbons (Fsp3) is 0.462. The molecule has 100 valence electrons. The van der Waals surface area contributed by atoms with Crippen molar-refractivity contribution in [3.8, 4) is 0 Å². The van der Waals surface area contributed by atoms with Crippen LogP contribution in [0.3, 0.4) is 0 Å². The van der Waals surface area contributed by atoms with Crippen LogP contribution in [0.1, 0.15) is 17.3 Å². The molecule has 5 heteroatoms. The van der Waals surface area contributed by atoms with Gasteiger partial charge in [0.2, 0.25) is 0 Å². The Bertz CT molecular complexity index is 407. The Morgan fingerprint density at radius 3 is 2.78 bits per heavy atom. The van der Waals surface area contributed by atoms with Crippen LogP contribution < -0.4 is 11.1 Å². The highest BCUT2D eigenvalue weighted by atomic mass is 16.5. The Morgan fingerprint density at radius 2 is 2.17 bits per heavy atom. The fourth-order valence-electron chi connectivity index (χ4n) is 1.58. The first-order chi connectivity index (χ1) is 8.58. The fourth-order valence-corrected chi connectivity index (χ4v) is 1.58. The summed E-state index contributed by atoms with van der Waals surface area (Å²) in [5.41, 5.74) is 7.67. The molecule has 0 heterocycles. The third kappa shape index (κ3) is 3.92. The molecule has 0 saturated heterocycles. The van der Waals surface area contributed by atoms with Gasteiger partial charge in [0.25, 0.3) is 0 Å². The SMILES string of the molecule is COCC(C)CNc1cc(C(=O)OC)ccc1N. The van der Waals surface area contributed by atoms with Gasteiger partial charge in [-0.05, 0) is 24.1 Å². The second-order valence-corrected chi connectivity index (χ2v) is 4.24. The topological polar surface area (TPSA) is 73.6 Å². The van der Waals surface area contributed by atoms with Gasteiger partial charge in [-0.2, -0.15) is 0 Å². The van der Waals surface area contributed by atoms with Crippen molar-refractivity contribution in [3.63, 3.8) is 0 Å². The van der Waals surface area contributed by atoms with E-state index in [4.69, 9.17) is 10.5 Å². The molecule has 0 amide bonds. The molecule has 1 atom stereocenters. The zero-order valence-corrected chi connectivity index (χ0v) is 11.0. The first-order valence-electron chi connectivity index (χ1n) is 5.79. The number of methoxy groups -OCH3 is 2. The van der Waals surface area contributed by atoms with Crippen molar-refractivity contribution >= 4 is 17.3 Å². The molecule has 0 aromatic heterocycles. The molecule has 0 fully saturated rings. The number of carbonyl (C=O) groups is 1. The Labute approximate surface area is 107 Å². The molecule has 0 spiro atoms. The lowest BCUT2D eigenvalue weighted by atomic mass is 10.1. The van der Waals surface area contributed by atoms with Crippen molar-refractivity contribution in [3.05, 3.63) is 23.8 Å². The number of anilines is 2. The highest BCUT2D eigenvalue weighted by Crippen LogP contribution is 2.20. The van der Waals surface area contributed by atoms with Crippen LogP contribution >= 0.6 is 0 Å². The summed E-state index contributed by atoms with van der Waals surface area (Å²) in [6.07, 6.45) is 0. The zero-order chi connectivity index (χ0) is 13.5. The Morgan fingerprint density at radius 1 is 1.44 bits per heavy atom. The third-order valence-electron chi connectivity index (χ3n) is 2.57. The molecule has 1 aromatic rings. The van der Waals surface area contributed by atoms with Crippen molar-refractivity contribution in [1.82, 2.24) is 0 Å². The van der Waals surface area contributed by atoms with Crippen LogP contribution in [0.5, 0.6) is 0 Å². The van der Waals surface area contributed by atoms with E-state index < -0.39 is 0 Å². The summed E-state index contributed by atoms with van der Waals surface area (Å²) in [6, 6.07) is 5.03. The molecule has 1 rings (SSSR count). The van der Waals surface area contributed by atoms with E-state index in [-0.39, 0.29) is 5.97 Å². The number of hydrogen-bond donors (Lipinski definition) is 2. The lowest BCUT2D eigenvalue weighted by molar-refractivity contribution is 0.0601. The predicted octanol–water partition coefficient (Wildman–Crippen LogP) is 1.75. The molecule has 3 N–H and O–H groups in total. The van der Waals surface area contributed by atoms with Crippen LogP contribution in [0.4, 0.5) is 11.4 Å². The molecule has 1 unspecified atom stereocenters. The number of nitrogen functional groups attached to an aromatic ring is 1. The van der Waals surface area contributed by atoms with Gasteiger partial charge in [0, 0.05) is 13.7 Å². The maximum absolute atomic E-state index is 11.4. The molecule has 0 saturated carbocycles. The average molecular weight is 252 g/mol. The van der Waals surface area contributed by atoms with Gasteiger partial charge in [0.05, 0.1) is 30.7 Å². The largest absolute Gasteiger partial charge is 0.465 e. The van der Waals surface area contributed by atoms with Gasteiger partial charge in [-0.1, -0.05) is 6.92 Å². The summed E-state index contributed by atoms with van der Waals surface area (Å²) < 4.78 is 9.72. The second kappa shape index (κ2) is 6.86. The molecule has 0 aliphatic rings. The van der Waals surface area contributed by atoms with E-state index in [0.29, 0.717) is 23.8 Å². The van der Waals surface area contributed by atoms with Gasteiger partial charge < -0.3 is 20.5 Å². The van der Waals surface area contributed by atoms with Gasteiger partial charge in [0.1, 0.15) is 0 Å². The maximum atomic E-state index is 11.4. The van der Waals surface area contributed by atoms with E-state index in [1.165, 1.54) is 7.11 Å². The van der Waals surface area contributed by atoms with E-state index in [9.17, 15) is 4.79 Å². The van der Waals surface area contributed by atoms with E-state index in [1.54, 1.807) is 25.3 Å². The normalized spacial score (nSPS) is 11.9. The van der Waals surface area contributed by atoms with Gasteiger partial charge in [0.15, 0.2) is 0 Å². The number of hydrogen-bond acceptors (Lipinski definition) is 5. The van der Waals surface area contributed by atoms with E-state index in [2.05, 4.69) is 17.0 Å². The Balaban J connectivity index is 2.72. The number of nitrogens with two attached hydrogens (primary N) is 1. The van der Waals surface area contributed by atoms with Crippen molar-refractivity contribution in [2.45, 2.75) is 6.92 Å². The van der Waals surface area contributed by atoms with E-state index >= 15 is 0 Å². The number of benzene rings is 1. The monoisotopic (exact) mass is 252 g/mol. The predicted molar refractivity (Wildman–Crippen MR) is 71.7 cm³/mol. The summed E-state index contributed by atoms with van der Waals surface area (Å²) in [5.74, 6) is -0.0147. The minimum absolute atomic E-state index is 0.358. The first kappa shape index (κ1) is 14.3. The molecule has 5 nitrogen and oxygen atoms in total. The van der Waals surface area contributed by atoms with Crippen LogP contribution in [0, 0.1) is 5.92 Å². The van der Waals surface area contributed by atoms with Crippen LogP contribution in [-0.4, -0.2) is 33.3 Å². The van der Waals surface area contributed by atoms with Crippen LogP contribution in [-0.2, 0) is 9.47 Å². The smallest absolute Gasteiger partial charge is 0.337 e. The summed E-state index contributed by atoms with van der Waals surface area (Å²) in [7, 11) is 3.02. The highest BCUT2D eigenvalue weighted by Gasteiger charge is 2.09. The van der Waals surface area contributed by atoms with Gasteiger partial charge >= 0.3 is 5.97 Å². The highest BCUT2D eigenvalue weighted by molar-refractivity contribution is 5.91. The standard InChI is InChI=1S/C13H20N2O3/c1-9(8-17-2)7-15-12-6-10(13(16)18-3)4-5-11(12)14/h4-6,9,15H,7-8,14H2,1-3H3. The maximum Gasteiger partial charge on any atom is 0.337 e. The molecular weight excluding hydrogens is 232 g/mol. The molecule has 0 bridgehead atoms. The molecular formula is C13H20N2O3. The quantitative estimate of drug-likeness (QED) is 0.596. The minimum Gasteiger partial charge on any atom is -0.465 e. The van der Waals surface area contributed by atoms with E-state index in [1.807, 2.05) is 0 Å². The molecule has 1 aromatic carbocycles. The Hall–Kier alpha value is -1.75. The summed E-state index contributed by atoms with van der Waals surface area (Å²) in [5, 5.41) is 3.20. The van der Waals surface area contributed by atoms with Crippen molar-refractivity contribution in [1.29, 1.82) is 0 Å². The van der Waals surface area contributed by atoms with Crippen molar-refractivity contribution in [2.24, 2.45) is 5.92 Å². The summed E-state index contributed by atoms with van der Waals surface area (Å²) >= 11 is 0. The zero-order valence-electron chi connectivity index (χ0n) is 11.0. The molecule has 0 radical (unpaired) electrons. The first-order valence-corrected chi connectivity index (χ1v) is 5.79. The molecule has 0 aliphatic carbocycles. The minimum atomic E-state index is -0.372. The Kier molecular flexibility index (Phi) is 5.45.